The lowest BCUT2D eigenvalue weighted by atomic mass is 10.4. The molecule has 0 aliphatic rings. The summed E-state index contributed by atoms with van der Waals surface area (Å²) in [6.07, 6.45) is 2.15. The average Bonchev–Trinajstić information content (AvgIpc) is 2.49. The van der Waals surface area contributed by atoms with Crippen LogP contribution in [-0.4, -0.2) is 29.5 Å². The molecule has 74 valence electrons. The monoisotopic (exact) mass is 183 g/mol. The number of nitrogens with zero attached hydrogens (tertiary/aromatic N) is 2. The predicted octanol–water partition coefficient (Wildman–Crippen LogP) is 0.545. The zero-order valence-electron chi connectivity index (χ0n) is 8.45. The summed E-state index contributed by atoms with van der Waals surface area (Å²) in [6, 6.07) is 1.96. The van der Waals surface area contributed by atoms with E-state index in [2.05, 4.69) is 10.4 Å². The van der Waals surface area contributed by atoms with Gasteiger partial charge in [0.05, 0.1) is 18.4 Å². The molecule has 0 aliphatic carbocycles. The van der Waals surface area contributed by atoms with Gasteiger partial charge in [0.1, 0.15) is 0 Å². The van der Waals surface area contributed by atoms with Gasteiger partial charge in [-0.3, -0.25) is 4.68 Å². The van der Waals surface area contributed by atoms with E-state index in [1.54, 1.807) is 4.68 Å². The largest absolute Gasteiger partial charge is 0.371 e. The molecular formula is C9H17N3O. The van der Waals surface area contributed by atoms with Gasteiger partial charge in [0.2, 0.25) is 0 Å². The first-order valence-corrected chi connectivity index (χ1v) is 4.47. The lowest BCUT2D eigenvalue weighted by Gasteiger charge is -2.10. The standard InChI is InChI=1S/C9H17N3O/c1-8(6-10-2)13-7-9-4-5-12(3)11-9/h4-5,8,10H,6-7H2,1-3H3. The van der Waals surface area contributed by atoms with Crippen LogP contribution < -0.4 is 5.32 Å². The summed E-state index contributed by atoms with van der Waals surface area (Å²) in [4.78, 5) is 0. The van der Waals surface area contributed by atoms with Crippen molar-refractivity contribution in [3.05, 3.63) is 18.0 Å². The van der Waals surface area contributed by atoms with Crippen molar-refractivity contribution < 1.29 is 4.74 Å². The molecule has 0 saturated heterocycles. The Morgan fingerprint density at radius 1 is 1.69 bits per heavy atom. The second kappa shape index (κ2) is 4.99. The summed E-state index contributed by atoms with van der Waals surface area (Å²) in [7, 11) is 3.82. The first-order valence-electron chi connectivity index (χ1n) is 4.47. The van der Waals surface area contributed by atoms with Gasteiger partial charge in [0.15, 0.2) is 0 Å². The molecule has 1 aromatic rings. The molecule has 4 heteroatoms. The van der Waals surface area contributed by atoms with Gasteiger partial charge in [0.25, 0.3) is 0 Å². The highest BCUT2D eigenvalue weighted by molar-refractivity contribution is 4.96. The zero-order chi connectivity index (χ0) is 9.68. The van der Waals surface area contributed by atoms with Crippen LogP contribution in [0.3, 0.4) is 0 Å². The van der Waals surface area contributed by atoms with Gasteiger partial charge >= 0.3 is 0 Å². The number of rotatable bonds is 5. The molecule has 0 aromatic carbocycles. The normalized spacial score (nSPS) is 13.2. The number of likely N-dealkylation sites (N-methyl/N-ethyl adjacent to an activating group) is 1. The highest BCUT2D eigenvalue weighted by Gasteiger charge is 2.02. The third-order valence-corrected chi connectivity index (χ3v) is 1.78. The first kappa shape index (κ1) is 10.2. The van der Waals surface area contributed by atoms with Crippen LogP contribution in [0, 0.1) is 0 Å². The maximum atomic E-state index is 5.54. The summed E-state index contributed by atoms with van der Waals surface area (Å²) in [5.41, 5.74) is 0.977. The molecule has 0 radical (unpaired) electrons. The Hall–Kier alpha value is -0.870. The Bertz CT molecular complexity index is 247. The number of ether oxygens (including phenoxy) is 1. The Balaban J connectivity index is 2.26. The third kappa shape index (κ3) is 3.57. The van der Waals surface area contributed by atoms with Crippen molar-refractivity contribution in [2.45, 2.75) is 19.6 Å². The summed E-state index contributed by atoms with van der Waals surface area (Å²) in [6.45, 7) is 3.50. The SMILES string of the molecule is CNCC(C)OCc1ccn(C)n1. The number of nitrogens with one attached hydrogen (secondary N) is 1. The molecule has 1 atom stereocenters. The van der Waals surface area contributed by atoms with E-state index in [0.29, 0.717) is 6.61 Å². The molecule has 0 amide bonds. The third-order valence-electron chi connectivity index (χ3n) is 1.78. The molecule has 1 N–H and O–H groups in total. The van der Waals surface area contributed by atoms with Crippen LogP contribution in [-0.2, 0) is 18.4 Å². The molecule has 1 rings (SSSR count). The van der Waals surface area contributed by atoms with E-state index in [-0.39, 0.29) is 6.10 Å². The summed E-state index contributed by atoms with van der Waals surface area (Å²) in [5, 5.41) is 7.27. The molecule has 1 aromatic heterocycles. The van der Waals surface area contributed by atoms with Crippen LogP contribution in [0.5, 0.6) is 0 Å². The van der Waals surface area contributed by atoms with Gasteiger partial charge < -0.3 is 10.1 Å². The second-order valence-corrected chi connectivity index (χ2v) is 3.16. The molecule has 1 heterocycles. The minimum absolute atomic E-state index is 0.229. The van der Waals surface area contributed by atoms with Crippen LogP contribution in [0.2, 0.25) is 0 Å². The average molecular weight is 183 g/mol. The van der Waals surface area contributed by atoms with E-state index in [1.807, 2.05) is 33.3 Å². The second-order valence-electron chi connectivity index (χ2n) is 3.16. The number of hydrogen-bond donors (Lipinski definition) is 1. The van der Waals surface area contributed by atoms with Gasteiger partial charge in [-0.15, -0.1) is 0 Å². The molecule has 4 nitrogen and oxygen atoms in total. The Morgan fingerprint density at radius 2 is 2.46 bits per heavy atom. The molecule has 0 fully saturated rings. The van der Waals surface area contributed by atoms with Crippen LogP contribution in [0.1, 0.15) is 12.6 Å². The fourth-order valence-electron chi connectivity index (χ4n) is 1.11. The topological polar surface area (TPSA) is 39.1 Å². The molecule has 1 unspecified atom stereocenters. The fourth-order valence-corrected chi connectivity index (χ4v) is 1.11. The molecular weight excluding hydrogens is 166 g/mol. The van der Waals surface area contributed by atoms with E-state index in [9.17, 15) is 0 Å². The van der Waals surface area contributed by atoms with Gasteiger partial charge in [0, 0.05) is 19.8 Å². The smallest absolute Gasteiger partial charge is 0.0910 e. The first-order chi connectivity index (χ1) is 6.22. The Morgan fingerprint density at radius 3 is 3.00 bits per heavy atom. The minimum Gasteiger partial charge on any atom is -0.371 e. The summed E-state index contributed by atoms with van der Waals surface area (Å²) in [5.74, 6) is 0. The van der Waals surface area contributed by atoms with Crippen molar-refractivity contribution in [1.29, 1.82) is 0 Å². The number of aromatic nitrogens is 2. The van der Waals surface area contributed by atoms with Gasteiger partial charge in [-0.05, 0) is 20.0 Å². The molecule has 0 bridgehead atoms. The van der Waals surface area contributed by atoms with E-state index < -0.39 is 0 Å². The van der Waals surface area contributed by atoms with Crippen molar-refractivity contribution in [1.82, 2.24) is 15.1 Å². The lowest BCUT2D eigenvalue weighted by molar-refractivity contribution is 0.0523. The minimum atomic E-state index is 0.229. The van der Waals surface area contributed by atoms with Crippen LogP contribution in [0.25, 0.3) is 0 Å². The van der Waals surface area contributed by atoms with E-state index in [0.717, 1.165) is 12.2 Å². The van der Waals surface area contributed by atoms with Crippen LogP contribution >= 0.6 is 0 Å². The molecule has 0 spiro atoms. The maximum absolute atomic E-state index is 5.54. The van der Waals surface area contributed by atoms with E-state index >= 15 is 0 Å². The highest BCUT2D eigenvalue weighted by Crippen LogP contribution is 1.99. The van der Waals surface area contributed by atoms with Crippen molar-refractivity contribution in [3.8, 4) is 0 Å². The zero-order valence-corrected chi connectivity index (χ0v) is 8.45. The number of hydrogen-bond acceptors (Lipinski definition) is 3. The van der Waals surface area contributed by atoms with E-state index in [4.69, 9.17) is 4.74 Å². The molecule has 13 heavy (non-hydrogen) atoms. The molecule has 0 saturated carbocycles. The fraction of sp³-hybridized carbons (Fsp3) is 0.667. The highest BCUT2D eigenvalue weighted by atomic mass is 16.5. The van der Waals surface area contributed by atoms with Gasteiger partial charge in [-0.25, -0.2) is 0 Å². The molecule has 0 aliphatic heterocycles. The maximum Gasteiger partial charge on any atom is 0.0910 e. The summed E-state index contributed by atoms with van der Waals surface area (Å²) < 4.78 is 7.32. The lowest BCUT2D eigenvalue weighted by Crippen LogP contribution is -2.23. The van der Waals surface area contributed by atoms with Gasteiger partial charge in [-0.1, -0.05) is 0 Å². The Kier molecular flexibility index (Phi) is 3.92. The van der Waals surface area contributed by atoms with E-state index in [1.165, 1.54) is 0 Å². The van der Waals surface area contributed by atoms with Crippen molar-refractivity contribution in [2.75, 3.05) is 13.6 Å². The predicted molar refractivity (Wildman–Crippen MR) is 51.4 cm³/mol. The quantitative estimate of drug-likeness (QED) is 0.724. The van der Waals surface area contributed by atoms with Crippen LogP contribution in [0.4, 0.5) is 0 Å². The Labute approximate surface area is 78.9 Å². The van der Waals surface area contributed by atoms with Crippen LogP contribution in [0.15, 0.2) is 12.3 Å². The van der Waals surface area contributed by atoms with Crippen molar-refractivity contribution in [2.24, 2.45) is 7.05 Å². The van der Waals surface area contributed by atoms with Crippen molar-refractivity contribution in [3.63, 3.8) is 0 Å². The van der Waals surface area contributed by atoms with Gasteiger partial charge in [-0.2, -0.15) is 5.10 Å². The number of aryl methyl sites for hydroxylation is 1. The summed E-state index contributed by atoms with van der Waals surface area (Å²) >= 11 is 0. The van der Waals surface area contributed by atoms with Crippen molar-refractivity contribution >= 4 is 0 Å².